The van der Waals surface area contributed by atoms with E-state index in [1.165, 1.54) is 33.9 Å². The molecule has 8 nitrogen and oxygen atoms in total. The number of nitrogens with two attached hydrogens (primary N) is 1. The number of amides is 1. The lowest BCUT2D eigenvalue weighted by molar-refractivity contribution is -0.140. The third-order valence-corrected chi connectivity index (χ3v) is 3.80. The lowest BCUT2D eigenvalue weighted by Gasteiger charge is -2.07. The molecule has 1 fully saturated rings. The molecule has 4 rings (SSSR count). The number of anilines is 2. The Hall–Kier alpha value is -3.11. The van der Waals surface area contributed by atoms with Gasteiger partial charge in [-0.15, -0.1) is 0 Å². The van der Waals surface area contributed by atoms with Crippen LogP contribution in [0.25, 0.3) is 5.65 Å². The number of nitrogen functional groups attached to an aromatic ring is 1. The molecule has 1 amide bonds. The lowest BCUT2D eigenvalue weighted by Crippen LogP contribution is -2.16. The first-order valence-electron chi connectivity index (χ1n) is 7.40. The van der Waals surface area contributed by atoms with E-state index in [1.54, 1.807) is 0 Å². The third kappa shape index (κ3) is 2.77. The fourth-order valence-corrected chi connectivity index (χ4v) is 2.45. The maximum Gasteiger partial charge on any atom is 0.437 e. The second-order valence-electron chi connectivity index (χ2n) is 5.73. The van der Waals surface area contributed by atoms with E-state index < -0.39 is 23.5 Å². The molecule has 0 atom stereocenters. The summed E-state index contributed by atoms with van der Waals surface area (Å²) in [5, 5.41) is 9.76. The second kappa shape index (κ2) is 5.19. The van der Waals surface area contributed by atoms with E-state index in [0.29, 0.717) is 0 Å². The number of aromatic nitrogens is 5. The van der Waals surface area contributed by atoms with Crippen LogP contribution in [0.2, 0.25) is 0 Å². The summed E-state index contributed by atoms with van der Waals surface area (Å²) in [6.07, 6.45) is 0.780. The zero-order valence-electron chi connectivity index (χ0n) is 12.7. The highest BCUT2D eigenvalue weighted by molar-refractivity contribution is 6.08. The Balaban J connectivity index is 1.69. The van der Waals surface area contributed by atoms with Crippen LogP contribution in [0.5, 0.6) is 0 Å². The molecule has 0 bridgehead atoms. The summed E-state index contributed by atoms with van der Waals surface area (Å²) in [6.45, 7) is 0. The predicted octanol–water partition coefficient (Wildman–Crippen LogP) is 2.11. The summed E-state index contributed by atoms with van der Waals surface area (Å²) in [4.78, 5) is 16.4. The standard InChI is InChI=1S/C14H12F3N7O/c15-14(16,17)11-9(6-24(22-11)7-1-2-7)20-13(25)8-5-19-23-4-3-10(18)21-12(8)23/h3-7H,1-2H2,(H2,18,21)(H,20,25). The zero-order valence-corrected chi connectivity index (χ0v) is 12.7. The number of nitrogens with zero attached hydrogens (tertiary/aromatic N) is 5. The first-order valence-corrected chi connectivity index (χ1v) is 7.40. The molecule has 0 saturated heterocycles. The van der Waals surface area contributed by atoms with Crippen LogP contribution in [0.15, 0.2) is 24.7 Å². The minimum absolute atomic E-state index is 0.0135. The zero-order chi connectivity index (χ0) is 17.8. The molecule has 0 aromatic carbocycles. The van der Waals surface area contributed by atoms with Crippen molar-refractivity contribution in [2.24, 2.45) is 0 Å². The number of fused-ring (bicyclic) bond motifs is 1. The topological polar surface area (TPSA) is 103 Å². The summed E-state index contributed by atoms with van der Waals surface area (Å²) < 4.78 is 42.1. The van der Waals surface area contributed by atoms with Crippen molar-refractivity contribution in [2.75, 3.05) is 11.1 Å². The van der Waals surface area contributed by atoms with E-state index in [9.17, 15) is 18.0 Å². The van der Waals surface area contributed by atoms with E-state index in [4.69, 9.17) is 5.73 Å². The third-order valence-electron chi connectivity index (χ3n) is 3.80. The molecule has 0 spiro atoms. The quantitative estimate of drug-likeness (QED) is 0.752. The Morgan fingerprint density at radius 1 is 1.36 bits per heavy atom. The van der Waals surface area contributed by atoms with Crippen molar-refractivity contribution >= 4 is 23.1 Å². The molecule has 3 aromatic rings. The van der Waals surface area contributed by atoms with Gasteiger partial charge in [-0.2, -0.15) is 23.4 Å². The number of alkyl halides is 3. The Morgan fingerprint density at radius 3 is 2.80 bits per heavy atom. The summed E-state index contributed by atoms with van der Waals surface area (Å²) in [5.41, 5.74) is 4.23. The number of rotatable bonds is 3. The van der Waals surface area contributed by atoms with Gasteiger partial charge in [0.15, 0.2) is 11.3 Å². The molecular formula is C14H12F3N7O. The summed E-state index contributed by atoms with van der Waals surface area (Å²) in [5.74, 6) is -0.603. The molecule has 1 saturated carbocycles. The first-order chi connectivity index (χ1) is 11.8. The van der Waals surface area contributed by atoms with Gasteiger partial charge in [-0.3, -0.25) is 9.48 Å². The van der Waals surface area contributed by atoms with Gasteiger partial charge in [-0.1, -0.05) is 0 Å². The van der Waals surface area contributed by atoms with Crippen LogP contribution in [0.1, 0.15) is 34.9 Å². The highest BCUT2D eigenvalue weighted by Crippen LogP contribution is 2.39. The van der Waals surface area contributed by atoms with Gasteiger partial charge in [-0.05, 0) is 18.9 Å². The molecule has 3 heterocycles. The second-order valence-corrected chi connectivity index (χ2v) is 5.73. The smallest absolute Gasteiger partial charge is 0.384 e. The number of hydrogen-bond acceptors (Lipinski definition) is 5. The van der Waals surface area contributed by atoms with Gasteiger partial charge >= 0.3 is 6.18 Å². The maximum atomic E-state index is 13.2. The Labute approximate surface area is 138 Å². The number of hydrogen-bond donors (Lipinski definition) is 2. The fraction of sp³-hybridized carbons (Fsp3) is 0.286. The van der Waals surface area contributed by atoms with Crippen LogP contribution in [-0.2, 0) is 6.18 Å². The van der Waals surface area contributed by atoms with Crippen LogP contribution in [0.4, 0.5) is 24.7 Å². The molecule has 3 aromatic heterocycles. The van der Waals surface area contributed by atoms with E-state index >= 15 is 0 Å². The van der Waals surface area contributed by atoms with Gasteiger partial charge in [0.2, 0.25) is 0 Å². The Kier molecular flexibility index (Phi) is 3.20. The highest BCUT2D eigenvalue weighted by atomic mass is 19.4. The van der Waals surface area contributed by atoms with Crippen LogP contribution < -0.4 is 11.1 Å². The molecule has 130 valence electrons. The van der Waals surface area contributed by atoms with E-state index in [2.05, 4.69) is 20.5 Å². The van der Waals surface area contributed by atoms with E-state index in [-0.39, 0.29) is 23.1 Å². The van der Waals surface area contributed by atoms with Crippen molar-refractivity contribution < 1.29 is 18.0 Å². The van der Waals surface area contributed by atoms with Crippen molar-refractivity contribution in [1.29, 1.82) is 0 Å². The Morgan fingerprint density at radius 2 is 2.12 bits per heavy atom. The molecule has 3 N–H and O–H groups in total. The summed E-state index contributed by atoms with van der Waals surface area (Å²) in [6, 6.07) is 1.44. The molecule has 25 heavy (non-hydrogen) atoms. The molecule has 0 radical (unpaired) electrons. The number of halogens is 3. The highest BCUT2D eigenvalue weighted by Gasteiger charge is 2.39. The molecular weight excluding hydrogens is 339 g/mol. The van der Waals surface area contributed by atoms with Crippen LogP contribution >= 0.6 is 0 Å². The van der Waals surface area contributed by atoms with Gasteiger partial charge in [-0.25, -0.2) is 9.50 Å². The van der Waals surface area contributed by atoms with E-state index in [1.807, 2.05) is 0 Å². The minimum atomic E-state index is -4.67. The van der Waals surface area contributed by atoms with Crippen molar-refractivity contribution in [3.05, 3.63) is 35.9 Å². The first kappa shape index (κ1) is 15.4. The number of carbonyl (C=O) groups excluding carboxylic acids is 1. The number of carbonyl (C=O) groups is 1. The Bertz CT molecular complexity index is 971. The van der Waals surface area contributed by atoms with Crippen LogP contribution in [-0.4, -0.2) is 30.3 Å². The maximum absolute atomic E-state index is 13.2. The van der Waals surface area contributed by atoms with Gasteiger partial charge in [0.05, 0.1) is 17.9 Å². The van der Waals surface area contributed by atoms with Gasteiger partial charge in [0.1, 0.15) is 11.4 Å². The van der Waals surface area contributed by atoms with Crippen molar-refractivity contribution in [3.63, 3.8) is 0 Å². The van der Waals surface area contributed by atoms with Crippen molar-refractivity contribution in [1.82, 2.24) is 24.4 Å². The minimum Gasteiger partial charge on any atom is -0.384 e. The average Bonchev–Trinajstić information content (AvgIpc) is 3.15. The van der Waals surface area contributed by atoms with Gasteiger partial charge in [0, 0.05) is 12.4 Å². The summed E-state index contributed by atoms with van der Waals surface area (Å²) in [7, 11) is 0. The lowest BCUT2D eigenvalue weighted by atomic mass is 10.3. The SMILES string of the molecule is Nc1ccn2ncc(C(=O)Nc3cn(C4CC4)nc3C(F)(F)F)c2n1. The predicted molar refractivity (Wildman–Crippen MR) is 80.9 cm³/mol. The normalized spacial score (nSPS) is 14.8. The molecule has 0 aliphatic heterocycles. The molecule has 1 aliphatic rings. The molecule has 1 aliphatic carbocycles. The number of nitrogens with one attached hydrogen (secondary N) is 1. The molecule has 11 heteroatoms. The molecule has 0 unspecified atom stereocenters. The van der Waals surface area contributed by atoms with Crippen LogP contribution in [0, 0.1) is 0 Å². The van der Waals surface area contributed by atoms with Crippen LogP contribution in [0.3, 0.4) is 0 Å². The average molecular weight is 351 g/mol. The largest absolute Gasteiger partial charge is 0.437 e. The fourth-order valence-electron chi connectivity index (χ4n) is 2.45. The van der Waals surface area contributed by atoms with Crippen molar-refractivity contribution in [3.8, 4) is 0 Å². The van der Waals surface area contributed by atoms with Crippen molar-refractivity contribution in [2.45, 2.75) is 25.1 Å². The van der Waals surface area contributed by atoms with E-state index in [0.717, 1.165) is 12.8 Å². The van der Waals surface area contributed by atoms with Gasteiger partial charge < -0.3 is 11.1 Å². The summed E-state index contributed by atoms with van der Waals surface area (Å²) >= 11 is 0. The monoisotopic (exact) mass is 351 g/mol. The van der Waals surface area contributed by atoms with Gasteiger partial charge in [0.25, 0.3) is 5.91 Å².